The molecule has 4 heteroatoms. The molecule has 1 aliphatic rings. The molecular formula is C14H22N2O2. The maximum absolute atomic E-state index is 12.8. The maximum atomic E-state index is 12.8. The molecule has 0 unspecified atom stereocenters. The fraction of sp³-hybridized carbons (Fsp3) is 0.714. The second kappa shape index (κ2) is 5.12. The minimum absolute atomic E-state index is 0.197. The molecule has 1 fully saturated rings. The smallest absolute Gasteiger partial charge is 0.190 e. The van der Waals surface area contributed by atoms with Crippen molar-refractivity contribution < 1.29 is 9.53 Å². The number of rotatable bonds is 5. The Morgan fingerprint density at radius 2 is 2.17 bits per heavy atom. The summed E-state index contributed by atoms with van der Waals surface area (Å²) in [6.45, 7) is 4.92. The first-order chi connectivity index (χ1) is 8.62. The summed E-state index contributed by atoms with van der Waals surface area (Å²) in [5.41, 5.74) is 0.433. The number of aryl methyl sites for hydroxylation is 1. The van der Waals surface area contributed by atoms with Crippen molar-refractivity contribution in [2.24, 2.45) is 5.41 Å². The zero-order valence-electron chi connectivity index (χ0n) is 11.5. The molecule has 0 bridgehead atoms. The number of ketones is 1. The molecule has 0 spiro atoms. The normalized spacial score (nSPS) is 17.9. The lowest BCUT2D eigenvalue weighted by atomic mass is 9.82. The van der Waals surface area contributed by atoms with Gasteiger partial charge in [0.25, 0.3) is 0 Å². The standard InChI is InChI=1S/C14H22N2O2/c1-4-9-16-12(11(18-3)10-15-16)13(17)14(2)7-5-6-8-14/h10H,4-9H2,1-3H3. The first-order valence-corrected chi connectivity index (χ1v) is 6.77. The van der Waals surface area contributed by atoms with Crippen LogP contribution in [0.25, 0.3) is 0 Å². The quantitative estimate of drug-likeness (QED) is 0.754. The van der Waals surface area contributed by atoms with Gasteiger partial charge >= 0.3 is 0 Å². The van der Waals surface area contributed by atoms with Gasteiger partial charge in [-0.2, -0.15) is 5.10 Å². The Bertz CT molecular complexity index is 431. The summed E-state index contributed by atoms with van der Waals surface area (Å²) >= 11 is 0. The fourth-order valence-electron chi connectivity index (χ4n) is 2.80. The van der Waals surface area contributed by atoms with Crippen LogP contribution >= 0.6 is 0 Å². The second-order valence-electron chi connectivity index (χ2n) is 5.38. The van der Waals surface area contributed by atoms with Crippen molar-refractivity contribution in [3.05, 3.63) is 11.9 Å². The van der Waals surface area contributed by atoms with Gasteiger partial charge in [0.05, 0.1) is 13.3 Å². The van der Waals surface area contributed by atoms with Gasteiger partial charge in [0.2, 0.25) is 0 Å². The molecule has 0 saturated heterocycles. The third-order valence-electron chi connectivity index (χ3n) is 3.93. The number of Topliss-reactive ketones (excluding diaryl/α,β-unsaturated/α-hetero) is 1. The van der Waals surface area contributed by atoms with Gasteiger partial charge in [-0.25, -0.2) is 0 Å². The van der Waals surface area contributed by atoms with Gasteiger partial charge in [0, 0.05) is 12.0 Å². The summed E-state index contributed by atoms with van der Waals surface area (Å²) in [5, 5.41) is 4.27. The van der Waals surface area contributed by atoms with Gasteiger partial charge in [-0.15, -0.1) is 0 Å². The monoisotopic (exact) mass is 250 g/mol. The Balaban J connectivity index is 2.36. The zero-order valence-corrected chi connectivity index (χ0v) is 11.5. The minimum atomic E-state index is -0.223. The highest BCUT2D eigenvalue weighted by Crippen LogP contribution is 2.41. The lowest BCUT2D eigenvalue weighted by Gasteiger charge is -2.22. The van der Waals surface area contributed by atoms with E-state index >= 15 is 0 Å². The van der Waals surface area contributed by atoms with E-state index < -0.39 is 0 Å². The van der Waals surface area contributed by atoms with Gasteiger partial charge in [0.1, 0.15) is 5.69 Å². The van der Waals surface area contributed by atoms with Crippen molar-refractivity contribution in [3.8, 4) is 5.75 Å². The molecule has 100 valence electrons. The molecule has 1 aliphatic carbocycles. The van der Waals surface area contributed by atoms with E-state index in [4.69, 9.17) is 4.74 Å². The molecule has 18 heavy (non-hydrogen) atoms. The lowest BCUT2D eigenvalue weighted by Crippen LogP contribution is -2.27. The van der Waals surface area contributed by atoms with Gasteiger partial charge in [-0.3, -0.25) is 9.48 Å². The molecule has 1 aromatic rings. The first-order valence-electron chi connectivity index (χ1n) is 6.77. The van der Waals surface area contributed by atoms with E-state index in [2.05, 4.69) is 18.9 Å². The van der Waals surface area contributed by atoms with Crippen molar-refractivity contribution in [2.45, 2.75) is 52.5 Å². The molecule has 1 heterocycles. The summed E-state index contributed by atoms with van der Waals surface area (Å²) in [6, 6.07) is 0. The third kappa shape index (κ3) is 2.16. The van der Waals surface area contributed by atoms with Crippen LogP contribution in [0.15, 0.2) is 6.20 Å². The van der Waals surface area contributed by atoms with E-state index in [1.807, 2.05) is 0 Å². The lowest BCUT2D eigenvalue weighted by molar-refractivity contribution is 0.0807. The van der Waals surface area contributed by atoms with Crippen LogP contribution < -0.4 is 4.74 Å². The third-order valence-corrected chi connectivity index (χ3v) is 3.93. The molecule has 4 nitrogen and oxygen atoms in total. The number of carbonyl (C=O) groups excluding carboxylic acids is 1. The topological polar surface area (TPSA) is 44.1 Å². The fourth-order valence-corrected chi connectivity index (χ4v) is 2.80. The van der Waals surface area contributed by atoms with Crippen molar-refractivity contribution in [2.75, 3.05) is 7.11 Å². The Morgan fingerprint density at radius 1 is 1.50 bits per heavy atom. The maximum Gasteiger partial charge on any atom is 0.190 e. The Morgan fingerprint density at radius 3 is 2.72 bits per heavy atom. The van der Waals surface area contributed by atoms with Crippen molar-refractivity contribution in [1.82, 2.24) is 9.78 Å². The summed E-state index contributed by atoms with van der Waals surface area (Å²) in [4.78, 5) is 12.8. The number of methoxy groups -OCH3 is 1. The van der Waals surface area contributed by atoms with Gasteiger partial charge in [0.15, 0.2) is 11.5 Å². The molecule has 0 atom stereocenters. The number of aromatic nitrogens is 2. The summed E-state index contributed by atoms with van der Waals surface area (Å²) in [6.07, 6.45) is 6.86. The predicted molar refractivity (Wildman–Crippen MR) is 70.0 cm³/mol. The number of ether oxygens (including phenoxy) is 1. The van der Waals surface area contributed by atoms with Gasteiger partial charge < -0.3 is 4.74 Å². The zero-order chi connectivity index (χ0) is 13.2. The summed E-state index contributed by atoms with van der Waals surface area (Å²) in [7, 11) is 1.60. The van der Waals surface area contributed by atoms with Crippen molar-refractivity contribution in [1.29, 1.82) is 0 Å². The average molecular weight is 250 g/mol. The Kier molecular flexibility index (Phi) is 3.73. The molecule has 0 aliphatic heterocycles. The van der Waals surface area contributed by atoms with Crippen molar-refractivity contribution in [3.63, 3.8) is 0 Å². The van der Waals surface area contributed by atoms with Gasteiger partial charge in [-0.1, -0.05) is 26.7 Å². The molecule has 1 aromatic heterocycles. The summed E-state index contributed by atoms with van der Waals surface area (Å²) < 4.78 is 7.09. The largest absolute Gasteiger partial charge is 0.493 e. The number of nitrogens with zero attached hydrogens (tertiary/aromatic N) is 2. The minimum Gasteiger partial charge on any atom is -0.493 e. The second-order valence-corrected chi connectivity index (χ2v) is 5.38. The van der Waals surface area contributed by atoms with E-state index in [0.717, 1.165) is 38.6 Å². The van der Waals surface area contributed by atoms with E-state index in [1.54, 1.807) is 18.0 Å². The molecule has 0 N–H and O–H groups in total. The van der Waals surface area contributed by atoms with E-state index in [1.165, 1.54) is 0 Å². The van der Waals surface area contributed by atoms with Crippen LogP contribution in [0.1, 0.15) is 56.4 Å². The number of hydrogen-bond acceptors (Lipinski definition) is 3. The summed E-state index contributed by atoms with van der Waals surface area (Å²) in [5.74, 6) is 0.810. The molecule has 0 amide bonds. The van der Waals surface area contributed by atoms with Crippen LogP contribution in [0.5, 0.6) is 5.75 Å². The molecule has 2 rings (SSSR count). The van der Waals surface area contributed by atoms with Crippen LogP contribution in [-0.2, 0) is 6.54 Å². The Labute approximate surface area is 108 Å². The highest BCUT2D eigenvalue weighted by molar-refractivity contribution is 6.01. The molecule has 0 radical (unpaired) electrons. The van der Waals surface area contributed by atoms with E-state index in [-0.39, 0.29) is 11.2 Å². The van der Waals surface area contributed by atoms with Crippen LogP contribution in [0, 0.1) is 5.41 Å². The van der Waals surface area contributed by atoms with Crippen LogP contribution in [0.4, 0.5) is 0 Å². The van der Waals surface area contributed by atoms with Gasteiger partial charge in [-0.05, 0) is 19.3 Å². The molecule has 0 aromatic carbocycles. The van der Waals surface area contributed by atoms with E-state index in [9.17, 15) is 4.79 Å². The SMILES string of the molecule is CCCn1ncc(OC)c1C(=O)C1(C)CCCC1. The highest BCUT2D eigenvalue weighted by Gasteiger charge is 2.39. The molecular weight excluding hydrogens is 228 g/mol. The average Bonchev–Trinajstić information content (AvgIpc) is 2.96. The number of carbonyl (C=O) groups is 1. The van der Waals surface area contributed by atoms with Crippen molar-refractivity contribution >= 4 is 5.78 Å². The highest BCUT2D eigenvalue weighted by atomic mass is 16.5. The van der Waals surface area contributed by atoms with Crippen LogP contribution in [0.3, 0.4) is 0 Å². The first kappa shape index (κ1) is 13.1. The predicted octanol–water partition coefficient (Wildman–Crippen LogP) is 3.06. The molecule has 1 saturated carbocycles. The Hall–Kier alpha value is -1.32. The van der Waals surface area contributed by atoms with E-state index in [0.29, 0.717) is 11.4 Å². The van der Waals surface area contributed by atoms with Crippen LogP contribution in [-0.4, -0.2) is 22.7 Å². The number of hydrogen-bond donors (Lipinski definition) is 0. The van der Waals surface area contributed by atoms with Crippen LogP contribution in [0.2, 0.25) is 0 Å².